The van der Waals surface area contributed by atoms with Crippen molar-refractivity contribution in [1.29, 1.82) is 0 Å². The van der Waals surface area contributed by atoms with Crippen molar-refractivity contribution in [3.63, 3.8) is 0 Å². The van der Waals surface area contributed by atoms with Crippen LogP contribution in [-0.4, -0.2) is 0 Å². The lowest BCUT2D eigenvalue weighted by atomic mass is 9.62. The summed E-state index contributed by atoms with van der Waals surface area (Å²) in [6.45, 7) is 11.7. The van der Waals surface area contributed by atoms with Gasteiger partial charge in [-0.15, -0.1) is 0 Å². The number of hydrogen-bond acceptors (Lipinski definition) is 0. The van der Waals surface area contributed by atoms with E-state index in [1.807, 2.05) is 0 Å². The van der Waals surface area contributed by atoms with Crippen molar-refractivity contribution in [3.05, 3.63) is 33.3 Å². The predicted molar refractivity (Wildman–Crippen MR) is 74.2 cm³/mol. The van der Waals surface area contributed by atoms with E-state index < -0.39 is 0 Å². The van der Waals surface area contributed by atoms with E-state index in [0.29, 0.717) is 10.8 Å². The Morgan fingerprint density at radius 1 is 0.938 bits per heavy atom. The lowest BCUT2D eigenvalue weighted by molar-refractivity contribution is 0.329. The van der Waals surface area contributed by atoms with Gasteiger partial charge in [-0.1, -0.05) is 49.7 Å². The maximum atomic E-state index is 3.74. The summed E-state index contributed by atoms with van der Waals surface area (Å²) in [7, 11) is 0. The third kappa shape index (κ3) is 1.73. The number of aryl methyl sites for hydroxylation is 1. The lowest BCUT2D eigenvalue weighted by Crippen LogP contribution is -2.35. The summed E-state index contributed by atoms with van der Waals surface area (Å²) >= 11 is 3.74. The largest absolute Gasteiger partial charge is 0.0579 e. The molecule has 0 aromatic heterocycles. The molecule has 0 saturated heterocycles. The standard InChI is InChI=1S/C15H21Br/c1-10-6-7-11(16)13-12(10)14(2,3)8-9-15(13,4)5/h6-7H,8-9H2,1-5H3. The Morgan fingerprint density at radius 2 is 1.44 bits per heavy atom. The zero-order chi connectivity index (χ0) is 12.1. The summed E-state index contributed by atoms with van der Waals surface area (Å²) in [5.74, 6) is 0. The van der Waals surface area contributed by atoms with Gasteiger partial charge in [-0.3, -0.25) is 0 Å². The van der Waals surface area contributed by atoms with Crippen LogP contribution in [0.2, 0.25) is 0 Å². The molecule has 0 N–H and O–H groups in total. The number of rotatable bonds is 0. The van der Waals surface area contributed by atoms with Crippen LogP contribution in [-0.2, 0) is 10.8 Å². The van der Waals surface area contributed by atoms with Crippen molar-refractivity contribution in [1.82, 2.24) is 0 Å². The van der Waals surface area contributed by atoms with Gasteiger partial charge in [0.05, 0.1) is 0 Å². The average molecular weight is 281 g/mol. The Bertz CT molecular complexity index is 386. The van der Waals surface area contributed by atoms with E-state index in [-0.39, 0.29) is 0 Å². The summed E-state index contributed by atoms with van der Waals surface area (Å²) in [6.07, 6.45) is 2.55. The van der Waals surface area contributed by atoms with E-state index in [4.69, 9.17) is 0 Å². The first kappa shape index (κ1) is 12.2. The Hall–Kier alpha value is -0.300. The van der Waals surface area contributed by atoms with Gasteiger partial charge >= 0.3 is 0 Å². The van der Waals surface area contributed by atoms with Crippen LogP contribution in [0.4, 0.5) is 0 Å². The molecule has 0 spiro atoms. The highest BCUT2D eigenvalue weighted by molar-refractivity contribution is 9.10. The number of halogens is 1. The second kappa shape index (κ2) is 3.60. The maximum absolute atomic E-state index is 3.74. The fourth-order valence-electron chi connectivity index (χ4n) is 3.09. The molecular weight excluding hydrogens is 260 g/mol. The van der Waals surface area contributed by atoms with Gasteiger partial charge < -0.3 is 0 Å². The zero-order valence-electron chi connectivity index (χ0n) is 10.9. The minimum Gasteiger partial charge on any atom is -0.0579 e. The molecule has 16 heavy (non-hydrogen) atoms. The van der Waals surface area contributed by atoms with Crippen LogP contribution in [0.15, 0.2) is 16.6 Å². The molecule has 0 unspecified atom stereocenters. The minimum absolute atomic E-state index is 0.301. The summed E-state index contributed by atoms with van der Waals surface area (Å²) in [4.78, 5) is 0. The molecule has 1 aromatic rings. The van der Waals surface area contributed by atoms with Crippen LogP contribution in [0.25, 0.3) is 0 Å². The molecule has 0 amide bonds. The van der Waals surface area contributed by atoms with Gasteiger partial charge in [-0.05, 0) is 53.4 Å². The Balaban J connectivity index is 2.79. The highest BCUT2D eigenvalue weighted by Crippen LogP contribution is 2.49. The van der Waals surface area contributed by atoms with Gasteiger partial charge in [0, 0.05) is 4.47 Å². The maximum Gasteiger partial charge on any atom is 0.0215 e. The van der Waals surface area contributed by atoms with Gasteiger partial charge in [0.1, 0.15) is 0 Å². The minimum atomic E-state index is 0.301. The first-order valence-corrected chi connectivity index (χ1v) is 6.85. The van der Waals surface area contributed by atoms with Gasteiger partial charge in [-0.2, -0.15) is 0 Å². The molecule has 0 fully saturated rings. The number of benzene rings is 1. The van der Waals surface area contributed by atoms with Gasteiger partial charge in [0.15, 0.2) is 0 Å². The number of fused-ring (bicyclic) bond motifs is 1. The third-order valence-corrected chi connectivity index (χ3v) is 4.75. The van der Waals surface area contributed by atoms with Crippen LogP contribution in [0.1, 0.15) is 57.2 Å². The van der Waals surface area contributed by atoms with Crippen molar-refractivity contribution in [2.45, 2.75) is 58.3 Å². The zero-order valence-corrected chi connectivity index (χ0v) is 12.5. The molecule has 1 heteroatoms. The fraction of sp³-hybridized carbons (Fsp3) is 0.600. The molecule has 1 aromatic carbocycles. The normalized spacial score (nSPS) is 21.6. The van der Waals surface area contributed by atoms with Crippen LogP contribution < -0.4 is 0 Å². The molecule has 1 aliphatic rings. The molecule has 0 heterocycles. The smallest absolute Gasteiger partial charge is 0.0215 e. The molecule has 88 valence electrons. The lowest BCUT2D eigenvalue weighted by Gasteiger charge is -2.43. The molecule has 0 atom stereocenters. The Labute approximate surface area is 108 Å². The van der Waals surface area contributed by atoms with Crippen molar-refractivity contribution in [3.8, 4) is 0 Å². The first-order valence-electron chi connectivity index (χ1n) is 6.06. The monoisotopic (exact) mass is 280 g/mol. The average Bonchev–Trinajstić information content (AvgIpc) is 2.16. The van der Waals surface area contributed by atoms with E-state index in [1.165, 1.54) is 28.4 Å². The number of hydrogen-bond donors (Lipinski definition) is 0. The quantitative estimate of drug-likeness (QED) is 0.620. The molecule has 0 aliphatic heterocycles. The van der Waals surface area contributed by atoms with Crippen molar-refractivity contribution >= 4 is 15.9 Å². The van der Waals surface area contributed by atoms with Crippen molar-refractivity contribution in [2.24, 2.45) is 0 Å². The summed E-state index contributed by atoms with van der Waals surface area (Å²) in [6, 6.07) is 4.45. The summed E-state index contributed by atoms with van der Waals surface area (Å²) < 4.78 is 1.28. The summed E-state index contributed by atoms with van der Waals surface area (Å²) in [5.41, 5.74) is 5.16. The second-order valence-corrected chi connectivity index (χ2v) is 7.24. The van der Waals surface area contributed by atoms with Gasteiger partial charge in [0.2, 0.25) is 0 Å². The van der Waals surface area contributed by atoms with E-state index in [1.54, 1.807) is 5.56 Å². The molecule has 1 aliphatic carbocycles. The van der Waals surface area contributed by atoms with Crippen molar-refractivity contribution in [2.75, 3.05) is 0 Å². The topological polar surface area (TPSA) is 0 Å². The van der Waals surface area contributed by atoms with E-state index in [2.05, 4.69) is 62.7 Å². The van der Waals surface area contributed by atoms with E-state index in [0.717, 1.165) is 0 Å². The SMILES string of the molecule is Cc1ccc(Br)c2c1C(C)(C)CCC2(C)C. The summed E-state index contributed by atoms with van der Waals surface area (Å²) in [5, 5.41) is 0. The Kier molecular flexibility index (Phi) is 2.73. The van der Waals surface area contributed by atoms with Crippen LogP contribution >= 0.6 is 15.9 Å². The van der Waals surface area contributed by atoms with Crippen LogP contribution in [0.5, 0.6) is 0 Å². The molecule has 2 rings (SSSR count). The molecule has 0 nitrogen and oxygen atoms in total. The van der Waals surface area contributed by atoms with Gasteiger partial charge in [-0.25, -0.2) is 0 Å². The molecule has 0 bridgehead atoms. The fourth-order valence-corrected chi connectivity index (χ4v) is 3.96. The third-order valence-electron chi connectivity index (χ3n) is 4.09. The molecule has 0 radical (unpaired) electrons. The molecule has 0 saturated carbocycles. The van der Waals surface area contributed by atoms with Crippen LogP contribution in [0.3, 0.4) is 0 Å². The Morgan fingerprint density at radius 3 is 1.94 bits per heavy atom. The predicted octanol–water partition coefficient (Wildman–Crippen LogP) is 5.11. The van der Waals surface area contributed by atoms with E-state index in [9.17, 15) is 0 Å². The molecular formula is C15H21Br. The van der Waals surface area contributed by atoms with Crippen LogP contribution in [0, 0.1) is 6.92 Å². The first-order chi connectivity index (χ1) is 7.26. The second-order valence-electron chi connectivity index (χ2n) is 6.38. The highest BCUT2D eigenvalue weighted by Gasteiger charge is 2.39. The van der Waals surface area contributed by atoms with E-state index >= 15 is 0 Å². The highest BCUT2D eigenvalue weighted by atomic mass is 79.9. The van der Waals surface area contributed by atoms with Crippen molar-refractivity contribution < 1.29 is 0 Å². The van der Waals surface area contributed by atoms with Gasteiger partial charge in [0.25, 0.3) is 0 Å².